The lowest BCUT2D eigenvalue weighted by Gasteiger charge is -2.36. The molecule has 2 rings (SSSR count). The van der Waals surface area contributed by atoms with Gasteiger partial charge < -0.3 is 4.74 Å². The van der Waals surface area contributed by atoms with Gasteiger partial charge in [0, 0.05) is 5.41 Å². The molecule has 2 aliphatic rings. The van der Waals surface area contributed by atoms with E-state index in [0.29, 0.717) is 6.61 Å². The Bertz CT molecular complexity index is 489. The first-order valence-corrected chi connectivity index (χ1v) is 6.63. The summed E-state index contributed by atoms with van der Waals surface area (Å²) in [7, 11) is 0. The number of hydrogen-bond acceptors (Lipinski definition) is 3. The standard InChI is InChI=1S/C16H20O3/c1-15(2,3)14(18)19-11-16-8-5-4-6-12(16)10-13(17)7-9-16/h4,6-7,9-10H,5,8,11H2,1-3H3/t16-/m1/s1. The maximum absolute atomic E-state index is 11.9. The van der Waals surface area contributed by atoms with Crippen LogP contribution in [0.2, 0.25) is 0 Å². The molecule has 0 fully saturated rings. The second kappa shape index (κ2) is 4.80. The highest BCUT2D eigenvalue weighted by molar-refractivity contribution is 6.01. The van der Waals surface area contributed by atoms with Crippen molar-refractivity contribution in [2.24, 2.45) is 10.8 Å². The number of hydrogen-bond donors (Lipinski definition) is 0. The molecule has 0 saturated heterocycles. The Balaban J connectivity index is 2.16. The molecule has 0 unspecified atom stereocenters. The van der Waals surface area contributed by atoms with Crippen LogP contribution in [0.4, 0.5) is 0 Å². The first-order valence-electron chi connectivity index (χ1n) is 6.63. The van der Waals surface area contributed by atoms with E-state index >= 15 is 0 Å². The van der Waals surface area contributed by atoms with E-state index < -0.39 is 5.41 Å². The second-order valence-electron chi connectivity index (χ2n) is 6.26. The number of fused-ring (bicyclic) bond motifs is 1. The van der Waals surface area contributed by atoms with E-state index in [1.54, 1.807) is 12.2 Å². The molecule has 0 aromatic rings. The largest absolute Gasteiger partial charge is 0.464 e. The molecule has 0 bridgehead atoms. The van der Waals surface area contributed by atoms with Gasteiger partial charge in [0.05, 0.1) is 5.41 Å². The molecule has 0 radical (unpaired) electrons. The molecule has 0 heterocycles. The summed E-state index contributed by atoms with van der Waals surface area (Å²) < 4.78 is 5.47. The Kier molecular flexibility index (Phi) is 3.48. The van der Waals surface area contributed by atoms with Crippen LogP contribution < -0.4 is 0 Å². The minimum atomic E-state index is -0.501. The molecule has 0 aliphatic heterocycles. The van der Waals surface area contributed by atoms with Gasteiger partial charge in [-0.05, 0) is 51.3 Å². The molecule has 3 nitrogen and oxygen atoms in total. The molecule has 0 aromatic carbocycles. The first-order chi connectivity index (χ1) is 8.83. The molecule has 1 atom stereocenters. The Morgan fingerprint density at radius 1 is 1.37 bits per heavy atom. The van der Waals surface area contributed by atoms with E-state index in [4.69, 9.17) is 4.74 Å². The van der Waals surface area contributed by atoms with Gasteiger partial charge in [-0.15, -0.1) is 0 Å². The third kappa shape index (κ3) is 2.86. The van der Waals surface area contributed by atoms with Crippen molar-refractivity contribution in [3.63, 3.8) is 0 Å². The van der Waals surface area contributed by atoms with Crippen LogP contribution in [0.25, 0.3) is 0 Å². The number of ether oxygens (including phenoxy) is 1. The van der Waals surface area contributed by atoms with E-state index in [1.165, 1.54) is 0 Å². The van der Waals surface area contributed by atoms with E-state index in [1.807, 2.05) is 32.9 Å². The van der Waals surface area contributed by atoms with Gasteiger partial charge in [-0.2, -0.15) is 0 Å². The van der Waals surface area contributed by atoms with Gasteiger partial charge in [-0.1, -0.05) is 18.2 Å². The van der Waals surface area contributed by atoms with Crippen LogP contribution >= 0.6 is 0 Å². The lowest BCUT2D eigenvalue weighted by atomic mass is 9.71. The van der Waals surface area contributed by atoms with Gasteiger partial charge in [0.2, 0.25) is 0 Å². The highest BCUT2D eigenvalue weighted by atomic mass is 16.5. The average molecular weight is 260 g/mol. The molecule has 0 N–H and O–H groups in total. The SMILES string of the molecule is CC(C)(C)C(=O)OC[C@@]12C=CC(=O)C=C1C=CCC2. The first kappa shape index (κ1) is 13.8. The van der Waals surface area contributed by atoms with Crippen LogP contribution in [-0.4, -0.2) is 18.4 Å². The number of carbonyl (C=O) groups excluding carboxylic acids is 2. The zero-order chi connectivity index (χ0) is 14.1. The summed E-state index contributed by atoms with van der Waals surface area (Å²) in [6.07, 6.45) is 10.9. The van der Waals surface area contributed by atoms with Crippen LogP contribution in [0.15, 0.2) is 36.0 Å². The van der Waals surface area contributed by atoms with Gasteiger partial charge in [0.25, 0.3) is 0 Å². The lowest BCUT2D eigenvalue weighted by Crippen LogP contribution is -2.34. The maximum atomic E-state index is 11.9. The Morgan fingerprint density at radius 3 is 2.79 bits per heavy atom. The van der Waals surface area contributed by atoms with Crippen LogP contribution in [0, 0.1) is 10.8 Å². The molecular formula is C16H20O3. The quantitative estimate of drug-likeness (QED) is 0.717. The van der Waals surface area contributed by atoms with E-state index in [2.05, 4.69) is 6.08 Å². The van der Waals surface area contributed by atoms with E-state index in [9.17, 15) is 9.59 Å². The average Bonchev–Trinajstić information content (AvgIpc) is 2.35. The number of esters is 1. The third-order valence-electron chi connectivity index (χ3n) is 3.57. The van der Waals surface area contributed by atoms with Gasteiger partial charge in [-0.3, -0.25) is 9.59 Å². The predicted molar refractivity (Wildman–Crippen MR) is 73.5 cm³/mol. The van der Waals surface area contributed by atoms with E-state index in [-0.39, 0.29) is 17.2 Å². The van der Waals surface area contributed by atoms with Crippen LogP contribution in [0.3, 0.4) is 0 Å². The Morgan fingerprint density at radius 2 is 2.11 bits per heavy atom. The minimum Gasteiger partial charge on any atom is -0.464 e. The Labute approximate surface area is 114 Å². The summed E-state index contributed by atoms with van der Waals surface area (Å²) in [6, 6.07) is 0. The molecule has 0 aromatic heterocycles. The number of ketones is 1. The van der Waals surface area contributed by atoms with Gasteiger partial charge in [0.15, 0.2) is 5.78 Å². The maximum Gasteiger partial charge on any atom is 0.311 e. The fourth-order valence-electron chi connectivity index (χ4n) is 2.29. The second-order valence-corrected chi connectivity index (χ2v) is 6.26. The summed E-state index contributed by atoms with van der Waals surface area (Å²) in [5.74, 6) is -0.208. The predicted octanol–water partition coefficient (Wildman–Crippen LogP) is 2.98. The Hall–Kier alpha value is -1.64. The van der Waals surface area contributed by atoms with Crippen molar-refractivity contribution in [2.45, 2.75) is 33.6 Å². The topological polar surface area (TPSA) is 43.4 Å². The van der Waals surface area contributed by atoms with Crippen LogP contribution in [0.5, 0.6) is 0 Å². The summed E-state index contributed by atoms with van der Waals surface area (Å²) in [4.78, 5) is 23.3. The van der Waals surface area contributed by atoms with Crippen molar-refractivity contribution in [3.8, 4) is 0 Å². The monoisotopic (exact) mass is 260 g/mol. The lowest BCUT2D eigenvalue weighted by molar-refractivity contribution is -0.155. The van der Waals surface area contributed by atoms with Gasteiger partial charge in [0.1, 0.15) is 6.61 Å². The van der Waals surface area contributed by atoms with Gasteiger partial charge in [-0.25, -0.2) is 0 Å². The van der Waals surface area contributed by atoms with Crippen molar-refractivity contribution in [1.82, 2.24) is 0 Å². The number of carbonyl (C=O) groups is 2. The molecule has 0 amide bonds. The zero-order valence-corrected chi connectivity index (χ0v) is 11.7. The molecule has 19 heavy (non-hydrogen) atoms. The molecule has 2 aliphatic carbocycles. The normalized spacial score (nSPS) is 25.8. The minimum absolute atomic E-state index is 0.000627. The van der Waals surface area contributed by atoms with Crippen LogP contribution in [0.1, 0.15) is 33.6 Å². The summed E-state index contributed by atoms with van der Waals surface area (Å²) in [5, 5.41) is 0. The van der Waals surface area contributed by atoms with E-state index in [0.717, 1.165) is 18.4 Å². The third-order valence-corrected chi connectivity index (χ3v) is 3.57. The zero-order valence-electron chi connectivity index (χ0n) is 11.7. The highest BCUT2D eigenvalue weighted by Crippen LogP contribution is 2.41. The molecule has 0 spiro atoms. The van der Waals surface area contributed by atoms with Crippen molar-refractivity contribution >= 4 is 11.8 Å². The summed E-state index contributed by atoms with van der Waals surface area (Å²) in [6.45, 7) is 5.82. The summed E-state index contributed by atoms with van der Waals surface area (Å²) >= 11 is 0. The van der Waals surface area contributed by atoms with Crippen molar-refractivity contribution < 1.29 is 14.3 Å². The van der Waals surface area contributed by atoms with Crippen LogP contribution in [-0.2, 0) is 14.3 Å². The van der Waals surface area contributed by atoms with Crippen molar-refractivity contribution in [1.29, 1.82) is 0 Å². The number of rotatable bonds is 2. The smallest absolute Gasteiger partial charge is 0.311 e. The van der Waals surface area contributed by atoms with Gasteiger partial charge >= 0.3 is 5.97 Å². The van der Waals surface area contributed by atoms with Crippen molar-refractivity contribution in [3.05, 3.63) is 36.0 Å². The molecular weight excluding hydrogens is 240 g/mol. The fourth-order valence-corrected chi connectivity index (χ4v) is 2.29. The molecule has 3 heteroatoms. The number of allylic oxidation sites excluding steroid dienone is 4. The summed E-state index contributed by atoms with van der Waals surface area (Å²) in [5.41, 5.74) is 0.135. The molecule has 102 valence electrons. The van der Waals surface area contributed by atoms with Crippen molar-refractivity contribution in [2.75, 3.05) is 6.61 Å². The fraction of sp³-hybridized carbons (Fsp3) is 0.500. The molecule has 0 saturated carbocycles. The highest BCUT2D eigenvalue weighted by Gasteiger charge is 2.37.